The fraction of sp³-hybridized carbons (Fsp3) is 0.429. The largest absolute Gasteiger partial charge is 0.493 e. The molecule has 3 aromatic carbocycles. The van der Waals surface area contributed by atoms with Crippen molar-refractivity contribution in [3.8, 4) is 5.75 Å². The minimum absolute atomic E-state index is 0.197. The summed E-state index contributed by atoms with van der Waals surface area (Å²) in [5.74, 6) is 1.06. The van der Waals surface area contributed by atoms with Crippen LogP contribution >= 0.6 is 34.8 Å². The van der Waals surface area contributed by atoms with Crippen LogP contribution in [-0.2, 0) is 15.4 Å². The number of rotatable bonds is 9. The van der Waals surface area contributed by atoms with Crippen LogP contribution in [0.1, 0.15) is 62.0 Å². The third kappa shape index (κ3) is 8.46. The molecule has 2 heterocycles. The van der Waals surface area contributed by atoms with Gasteiger partial charge < -0.3 is 9.64 Å². The molecule has 0 aromatic heterocycles. The van der Waals surface area contributed by atoms with E-state index in [2.05, 4.69) is 30.4 Å². The van der Waals surface area contributed by atoms with Crippen molar-refractivity contribution in [2.24, 2.45) is 4.99 Å². The second-order valence-electron chi connectivity index (χ2n) is 13.1. The highest BCUT2D eigenvalue weighted by Gasteiger charge is 2.45. The number of piperazine rings is 1. The molecule has 1 N–H and O–H groups in total. The number of halogens is 3. The van der Waals surface area contributed by atoms with Crippen LogP contribution in [0.4, 0.5) is 4.79 Å². The molecule has 13 heteroatoms. The SMILES string of the molecule is CCOc1cc(C(C)(C)C)c(Cl)cc1C1=N[C@@H](c2ccc(Cl)cc2)[C@@H](c2ccc(Cl)cc2)N1C(=O)N1CCN(CCNS(C)(=O)=O)CC1. The summed E-state index contributed by atoms with van der Waals surface area (Å²) in [6.45, 7) is 11.6. The second-order valence-corrected chi connectivity index (χ2v) is 16.2. The van der Waals surface area contributed by atoms with Gasteiger partial charge in [-0.15, -0.1) is 0 Å². The normalized spacial score (nSPS) is 19.0. The molecular formula is C35H42Cl3N5O4S. The molecule has 1 saturated heterocycles. The van der Waals surface area contributed by atoms with Gasteiger partial charge in [-0.3, -0.25) is 14.8 Å². The summed E-state index contributed by atoms with van der Waals surface area (Å²) < 4.78 is 31.9. The van der Waals surface area contributed by atoms with Crippen LogP contribution in [0.25, 0.3) is 0 Å². The Kier molecular flexibility index (Phi) is 11.3. The third-order valence-electron chi connectivity index (χ3n) is 8.55. The zero-order valence-corrected chi connectivity index (χ0v) is 30.9. The monoisotopic (exact) mass is 733 g/mol. The molecule has 0 unspecified atom stereocenters. The zero-order chi connectivity index (χ0) is 34.8. The van der Waals surface area contributed by atoms with Gasteiger partial charge in [0, 0.05) is 54.3 Å². The summed E-state index contributed by atoms with van der Waals surface area (Å²) in [5, 5.41) is 1.75. The first-order valence-electron chi connectivity index (χ1n) is 16.0. The van der Waals surface area contributed by atoms with Gasteiger partial charge in [-0.1, -0.05) is 79.8 Å². The highest BCUT2D eigenvalue weighted by molar-refractivity contribution is 7.88. The number of ether oxygens (including phenoxy) is 1. The predicted molar refractivity (Wildman–Crippen MR) is 194 cm³/mol. The topological polar surface area (TPSA) is 94.6 Å². The molecule has 2 amide bonds. The Hall–Kier alpha value is -2.86. The summed E-state index contributed by atoms with van der Waals surface area (Å²) in [7, 11) is -3.28. The maximum Gasteiger partial charge on any atom is 0.326 e. The van der Waals surface area contributed by atoms with Gasteiger partial charge in [0.2, 0.25) is 10.0 Å². The van der Waals surface area contributed by atoms with E-state index >= 15 is 0 Å². The van der Waals surface area contributed by atoms with E-state index in [1.165, 1.54) is 0 Å². The molecule has 0 bridgehead atoms. The summed E-state index contributed by atoms with van der Waals surface area (Å²) >= 11 is 19.6. The molecule has 258 valence electrons. The summed E-state index contributed by atoms with van der Waals surface area (Å²) in [5.41, 5.74) is 3.07. The molecule has 0 spiro atoms. The number of carbonyl (C=O) groups is 1. The quantitative estimate of drug-likeness (QED) is 0.252. The first-order valence-corrected chi connectivity index (χ1v) is 19.0. The van der Waals surface area contributed by atoms with Crippen molar-refractivity contribution in [1.29, 1.82) is 0 Å². The van der Waals surface area contributed by atoms with Crippen LogP contribution in [0.15, 0.2) is 65.7 Å². The average Bonchev–Trinajstić information content (AvgIpc) is 3.42. The smallest absolute Gasteiger partial charge is 0.326 e. The Labute approximate surface area is 298 Å². The lowest BCUT2D eigenvalue weighted by molar-refractivity contribution is 0.120. The molecule has 5 rings (SSSR count). The molecule has 48 heavy (non-hydrogen) atoms. The number of amides is 2. The highest BCUT2D eigenvalue weighted by Crippen LogP contribution is 2.46. The van der Waals surface area contributed by atoms with Crippen LogP contribution in [0, 0.1) is 0 Å². The number of carbonyl (C=O) groups excluding carboxylic acids is 1. The van der Waals surface area contributed by atoms with Crippen molar-refractivity contribution in [2.75, 3.05) is 52.1 Å². The molecule has 2 aliphatic heterocycles. The van der Waals surface area contributed by atoms with Gasteiger partial charge in [0.15, 0.2) is 0 Å². The number of aliphatic imine (C=N–C) groups is 1. The lowest BCUT2D eigenvalue weighted by Gasteiger charge is -2.39. The number of nitrogens with zero attached hydrogens (tertiary/aromatic N) is 4. The molecule has 0 radical (unpaired) electrons. The van der Waals surface area contributed by atoms with E-state index in [-0.39, 0.29) is 11.4 Å². The molecule has 3 aromatic rings. The Balaban J connectivity index is 1.59. The van der Waals surface area contributed by atoms with Gasteiger partial charge in [0.05, 0.1) is 24.5 Å². The van der Waals surface area contributed by atoms with Crippen molar-refractivity contribution < 1.29 is 17.9 Å². The van der Waals surface area contributed by atoms with Gasteiger partial charge in [-0.25, -0.2) is 17.9 Å². The van der Waals surface area contributed by atoms with Gasteiger partial charge >= 0.3 is 6.03 Å². The van der Waals surface area contributed by atoms with Gasteiger partial charge in [-0.2, -0.15) is 0 Å². The predicted octanol–water partition coefficient (Wildman–Crippen LogP) is 7.17. The zero-order valence-electron chi connectivity index (χ0n) is 27.8. The first-order chi connectivity index (χ1) is 22.7. The van der Waals surface area contributed by atoms with Crippen molar-refractivity contribution in [1.82, 2.24) is 19.4 Å². The summed E-state index contributed by atoms with van der Waals surface area (Å²) in [6, 6.07) is 17.7. The van der Waals surface area contributed by atoms with Crippen molar-refractivity contribution in [2.45, 2.75) is 45.2 Å². The van der Waals surface area contributed by atoms with Crippen LogP contribution in [0.3, 0.4) is 0 Å². The van der Waals surface area contributed by atoms with Gasteiger partial charge in [0.1, 0.15) is 17.6 Å². The Morgan fingerprint density at radius 2 is 1.52 bits per heavy atom. The van der Waals surface area contributed by atoms with Crippen molar-refractivity contribution >= 4 is 56.7 Å². The maximum atomic E-state index is 14.8. The standard InChI is InChI=1S/C35H42Cl3N5O4S/c1-6-47-30-22-28(35(2,3)4)29(38)21-27(30)33-40-31(23-7-11-25(36)12-8-23)32(24-9-13-26(37)14-10-24)43(33)34(44)42-19-17-41(18-20-42)16-15-39-48(5,45)46/h7-14,21-22,31-32,39H,6,15-20H2,1-5H3/t31-,32+/m0/s1. The minimum atomic E-state index is -3.28. The fourth-order valence-electron chi connectivity index (χ4n) is 6.14. The lowest BCUT2D eigenvalue weighted by atomic mass is 9.86. The van der Waals surface area contributed by atoms with Gasteiger partial charge in [0.25, 0.3) is 0 Å². The average molecular weight is 735 g/mol. The summed E-state index contributed by atoms with van der Waals surface area (Å²) in [4.78, 5) is 25.9. The molecule has 1 fully saturated rings. The lowest BCUT2D eigenvalue weighted by Crippen LogP contribution is -2.54. The van der Waals surface area contributed by atoms with E-state index < -0.39 is 22.1 Å². The molecule has 0 saturated carbocycles. The van der Waals surface area contributed by atoms with Crippen LogP contribution < -0.4 is 9.46 Å². The number of amidine groups is 1. The highest BCUT2D eigenvalue weighted by atomic mass is 35.5. The first kappa shape index (κ1) is 36.4. The van der Waals surface area contributed by atoms with E-state index in [0.717, 1.165) is 22.9 Å². The van der Waals surface area contributed by atoms with E-state index in [1.807, 2.05) is 72.5 Å². The minimum Gasteiger partial charge on any atom is -0.493 e. The van der Waals surface area contributed by atoms with Gasteiger partial charge in [-0.05, 0) is 65.4 Å². The molecule has 0 aliphatic carbocycles. The molecule has 2 aliphatic rings. The Morgan fingerprint density at radius 3 is 2.06 bits per heavy atom. The number of urea groups is 1. The van der Waals surface area contributed by atoms with Crippen LogP contribution in [0.5, 0.6) is 5.75 Å². The number of benzene rings is 3. The van der Waals surface area contributed by atoms with Crippen molar-refractivity contribution in [3.63, 3.8) is 0 Å². The number of nitrogens with one attached hydrogen (secondary N) is 1. The molecule has 2 atom stereocenters. The number of sulfonamides is 1. The Bertz CT molecular complexity index is 1750. The van der Waals surface area contributed by atoms with E-state index in [9.17, 15) is 13.2 Å². The summed E-state index contributed by atoms with van der Waals surface area (Å²) in [6.07, 6.45) is 1.15. The van der Waals surface area contributed by atoms with E-state index in [1.54, 1.807) is 4.90 Å². The maximum absolute atomic E-state index is 14.8. The van der Waals surface area contributed by atoms with E-state index in [4.69, 9.17) is 44.5 Å². The fourth-order valence-corrected chi connectivity index (χ4v) is 7.30. The number of hydrogen-bond acceptors (Lipinski definition) is 6. The van der Waals surface area contributed by atoms with Crippen LogP contribution in [-0.4, -0.2) is 87.1 Å². The molecular weight excluding hydrogens is 693 g/mol. The second kappa shape index (κ2) is 14.9. The molecule has 9 nitrogen and oxygen atoms in total. The van der Waals surface area contributed by atoms with E-state index in [0.29, 0.717) is 78.1 Å². The van der Waals surface area contributed by atoms with Crippen LogP contribution in [0.2, 0.25) is 15.1 Å². The Morgan fingerprint density at radius 1 is 0.938 bits per heavy atom. The number of hydrogen-bond donors (Lipinski definition) is 1. The third-order valence-corrected chi connectivity index (χ3v) is 10.1. The van der Waals surface area contributed by atoms with Crippen molar-refractivity contribution in [3.05, 3.63) is 98.0 Å².